The van der Waals surface area contributed by atoms with E-state index in [4.69, 9.17) is 0 Å². The summed E-state index contributed by atoms with van der Waals surface area (Å²) in [5.74, 6) is -0.230. The van der Waals surface area contributed by atoms with E-state index in [9.17, 15) is 4.39 Å². The molecule has 108 valence electrons. The number of pyridine rings is 1. The van der Waals surface area contributed by atoms with Crippen LogP contribution in [0.5, 0.6) is 0 Å². The number of hydrogen-bond donors (Lipinski definition) is 1. The molecule has 0 aliphatic rings. The van der Waals surface area contributed by atoms with Crippen molar-refractivity contribution in [3.63, 3.8) is 0 Å². The summed E-state index contributed by atoms with van der Waals surface area (Å²) in [6.45, 7) is 3.43. The Morgan fingerprint density at radius 2 is 2.19 bits per heavy atom. The summed E-state index contributed by atoms with van der Waals surface area (Å²) in [6.07, 6.45) is 5.42. The van der Waals surface area contributed by atoms with Crippen molar-refractivity contribution in [2.75, 3.05) is 0 Å². The lowest BCUT2D eigenvalue weighted by molar-refractivity contribution is 0.451. The lowest BCUT2D eigenvalue weighted by Crippen LogP contribution is -2.30. The molecule has 2 heterocycles. The van der Waals surface area contributed by atoms with Crippen molar-refractivity contribution in [3.05, 3.63) is 60.3 Å². The van der Waals surface area contributed by atoms with Crippen molar-refractivity contribution < 1.29 is 4.39 Å². The maximum atomic E-state index is 13.7. The zero-order valence-electron chi connectivity index (χ0n) is 11.8. The number of nitrogens with one attached hydrogen (secondary N) is 1. The number of nitrogens with zero attached hydrogens (tertiary/aromatic N) is 3. The zero-order valence-corrected chi connectivity index (χ0v) is 11.8. The molecule has 3 rings (SSSR count). The number of rotatable bonds is 5. The first kappa shape index (κ1) is 13.7. The van der Waals surface area contributed by atoms with Crippen molar-refractivity contribution in [2.45, 2.75) is 26.1 Å². The lowest BCUT2D eigenvalue weighted by Gasteiger charge is -2.15. The molecule has 0 bridgehead atoms. The van der Waals surface area contributed by atoms with Crippen molar-refractivity contribution >= 4 is 10.9 Å². The monoisotopic (exact) mass is 284 g/mol. The number of aromatic nitrogens is 3. The second-order valence-corrected chi connectivity index (χ2v) is 5.15. The van der Waals surface area contributed by atoms with E-state index in [1.807, 2.05) is 29.1 Å². The summed E-state index contributed by atoms with van der Waals surface area (Å²) in [7, 11) is 0. The summed E-state index contributed by atoms with van der Waals surface area (Å²) < 4.78 is 15.5. The van der Waals surface area contributed by atoms with Crippen LogP contribution in [0.3, 0.4) is 0 Å². The molecule has 0 unspecified atom stereocenters. The number of benzene rings is 1. The molecule has 21 heavy (non-hydrogen) atoms. The molecule has 0 fully saturated rings. The third kappa shape index (κ3) is 3.25. The minimum Gasteiger partial charge on any atom is -0.308 e. The Labute approximate surface area is 122 Å². The van der Waals surface area contributed by atoms with Crippen LogP contribution in [-0.2, 0) is 13.1 Å². The van der Waals surface area contributed by atoms with Gasteiger partial charge in [-0.25, -0.2) is 4.39 Å². The van der Waals surface area contributed by atoms with Crippen LogP contribution in [0.15, 0.2) is 48.9 Å². The first-order chi connectivity index (χ1) is 10.2. The minimum absolute atomic E-state index is 0.229. The Morgan fingerprint density at radius 1 is 1.29 bits per heavy atom. The van der Waals surface area contributed by atoms with Gasteiger partial charge in [0.2, 0.25) is 0 Å². The van der Waals surface area contributed by atoms with Crippen molar-refractivity contribution in [1.29, 1.82) is 0 Å². The smallest absolute Gasteiger partial charge is 0.124 e. The molecule has 0 saturated heterocycles. The molecular formula is C16H17FN4. The third-order valence-electron chi connectivity index (χ3n) is 3.41. The van der Waals surface area contributed by atoms with Crippen LogP contribution in [0.1, 0.15) is 12.5 Å². The second-order valence-electron chi connectivity index (χ2n) is 5.15. The highest BCUT2D eigenvalue weighted by molar-refractivity contribution is 5.81. The van der Waals surface area contributed by atoms with Crippen LogP contribution in [0.2, 0.25) is 0 Å². The number of halogens is 1. The highest BCUT2D eigenvalue weighted by Crippen LogP contribution is 2.18. The van der Waals surface area contributed by atoms with Crippen LogP contribution >= 0.6 is 0 Å². The van der Waals surface area contributed by atoms with Gasteiger partial charge in [-0.1, -0.05) is 6.07 Å². The van der Waals surface area contributed by atoms with E-state index < -0.39 is 0 Å². The van der Waals surface area contributed by atoms with Crippen LogP contribution in [-0.4, -0.2) is 20.8 Å². The molecule has 0 aliphatic carbocycles. The van der Waals surface area contributed by atoms with E-state index in [0.29, 0.717) is 6.54 Å². The summed E-state index contributed by atoms with van der Waals surface area (Å²) in [5, 5.41) is 8.40. The van der Waals surface area contributed by atoms with Crippen LogP contribution in [0, 0.1) is 5.82 Å². The molecule has 4 nitrogen and oxygen atoms in total. The SMILES string of the molecule is C[C@H](Cn1cccn1)NCc1cc(F)cc2cccnc12. The lowest BCUT2D eigenvalue weighted by atomic mass is 10.1. The van der Waals surface area contributed by atoms with Gasteiger partial charge in [0.15, 0.2) is 0 Å². The normalized spacial score (nSPS) is 12.7. The maximum absolute atomic E-state index is 13.7. The molecule has 0 saturated carbocycles. The van der Waals surface area contributed by atoms with Crippen molar-refractivity contribution in [1.82, 2.24) is 20.1 Å². The third-order valence-corrected chi connectivity index (χ3v) is 3.41. The molecule has 1 aromatic carbocycles. The molecule has 0 radical (unpaired) electrons. The Kier molecular flexibility index (Phi) is 3.92. The predicted octanol–water partition coefficient (Wildman–Crippen LogP) is 2.75. The van der Waals surface area contributed by atoms with Gasteiger partial charge in [0.1, 0.15) is 5.82 Å². The van der Waals surface area contributed by atoms with Crippen molar-refractivity contribution in [3.8, 4) is 0 Å². The molecule has 3 aromatic rings. The largest absolute Gasteiger partial charge is 0.308 e. The standard InChI is InChI=1S/C16H17FN4/c1-12(11-21-7-3-6-20-21)19-10-14-9-15(17)8-13-4-2-5-18-16(13)14/h2-9,12,19H,10-11H2,1H3/t12-/m1/s1. The summed E-state index contributed by atoms with van der Waals surface area (Å²) in [6, 6.07) is 8.88. The molecular weight excluding hydrogens is 267 g/mol. The predicted molar refractivity (Wildman–Crippen MR) is 80.2 cm³/mol. The molecule has 0 spiro atoms. The van der Waals surface area contributed by atoms with E-state index >= 15 is 0 Å². The second kappa shape index (κ2) is 6.01. The van der Waals surface area contributed by atoms with E-state index in [1.165, 1.54) is 6.07 Å². The summed E-state index contributed by atoms with van der Waals surface area (Å²) >= 11 is 0. The number of fused-ring (bicyclic) bond motifs is 1. The van der Waals surface area contributed by atoms with Crippen LogP contribution in [0.4, 0.5) is 4.39 Å². The molecule has 0 amide bonds. The topological polar surface area (TPSA) is 42.7 Å². The van der Waals surface area contributed by atoms with Gasteiger partial charge < -0.3 is 5.32 Å². The van der Waals surface area contributed by atoms with Gasteiger partial charge in [-0.15, -0.1) is 0 Å². The minimum atomic E-state index is -0.230. The van der Waals surface area contributed by atoms with E-state index in [-0.39, 0.29) is 11.9 Å². The van der Waals surface area contributed by atoms with Crippen molar-refractivity contribution in [2.24, 2.45) is 0 Å². The molecule has 2 aromatic heterocycles. The highest BCUT2D eigenvalue weighted by Gasteiger charge is 2.08. The molecule has 5 heteroatoms. The Bertz CT molecular complexity index is 724. The molecule has 1 atom stereocenters. The molecule has 1 N–H and O–H groups in total. The summed E-state index contributed by atoms with van der Waals surface area (Å²) in [5.41, 5.74) is 1.72. The fourth-order valence-corrected chi connectivity index (χ4v) is 2.40. The van der Waals surface area contributed by atoms with Crippen LogP contribution < -0.4 is 5.32 Å². The highest BCUT2D eigenvalue weighted by atomic mass is 19.1. The fourth-order valence-electron chi connectivity index (χ4n) is 2.40. The van der Waals surface area contributed by atoms with Gasteiger partial charge in [0.25, 0.3) is 0 Å². The zero-order chi connectivity index (χ0) is 14.7. The quantitative estimate of drug-likeness (QED) is 0.783. The van der Waals surface area contributed by atoms with E-state index in [0.717, 1.165) is 23.0 Å². The van der Waals surface area contributed by atoms with Gasteiger partial charge in [-0.05, 0) is 36.8 Å². The fraction of sp³-hybridized carbons (Fsp3) is 0.250. The molecule has 0 aliphatic heterocycles. The Hall–Kier alpha value is -2.27. The van der Waals surface area contributed by atoms with Gasteiger partial charge in [0.05, 0.1) is 12.1 Å². The van der Waals surface area contributed by atoms with Gasteiger partial charge >= 0.3 is 0 Å². The van der Waals surface area contributed by atoms with Gasteiger partial charge in [-0.3, -0.25) is 9.67 Å². The average molecular weight is 284 g/mol. The van der Waals surface area contributed by atoms with E-state index in [1.54, 1.807) is 18.5 Å². The number of hydrogen-bond acceptors (Lipinski definition) is 3. The maximum Gasteiger partial charge on any atom is 0.124 e. The van der Waals surface area contributed by atoms with Gasteiger partial charge in [0, 0.05) is 36.6 Å². The first-order valence-electron chi connectivity index (χ1n) is 6.96. The first-order valence-corrected chi connectivity index (χ1v) is 6.96. The Balaban J connectivity index is 1.73. The summed E-state index contributed by atoms with van der Waals surface area (Å²) in [4.78, 5) is 4.35. The van der Waals surface area contributed by atoms with E-state index in [2.05, 4.69) is 22.3 Å². The Morgan fingerprint density at radius 3 is 3.00 bits per heavy atom. The van der Waals surface area contributed by atoms with Crippen LogP contribution in [0.25, 0.3) is 10.9 Å². The average Bonchev–Trinajstić information content (AvgIpc) is 2.97. The van der Waals surface area contributed by atoms with Gasteiger partial charge in [-0.2, -0.15) is 5.10 Å².